The first-order valence-corrected chi connectivity index (χ1v) is 6.12. The second-order valence-corrected chi connectivity index (χ2v) is 4.02. The van der Waals surface area contributed by atoms with E-state index >= 15 is 0 Å². The maximum atomic E-state index is 11.4. The van der Waals surface area contributed by atoms with Gasteiger partial charge in [-0.25, -0.2) is 0 Å². The Labute approximate surface area is 97.2 Å². The van der Waals surface area contributed by atoms with Gasteiger partial charge in [0, 0.05) is 6.42 Å². The third kappa shape index (κ3) is 5.59. The van der Waals surface area contributed by atoms with E-state index in [2.05, 4.69) is 12.2 Å². The molecule has 3 heteroatoms. The zero-order valence-corrected chi connectivity index (χ0v) is 10.00. The number of hydrogen-bond donors (Lipinski definition) is 1. The van der Waals surface area contributed by atoms with Gasteiger partial charge in [-0.3, -0.25) is 4.79 Å². The standard InChI is InChI=1S/C13H21NO2/c1-2-3-4-5-6-9-13(15)14-11-12-8-7-10-16-12/h7-8,10H,2-6,9,11H2,1H3,(H,14,15). The van der Waals surface area contributed by atoms with Gasteiger partial charge >= 0.3 is 0 Å². The Morgan fingerprint density at radius 3 is 2.81 bits per heavy atom. The van der Waals surface area contributed by atoms with Crippen molar-refractivity contribution >= 4 is 5.91 Å². The molecular formula is C13H21NO2. The molecular weight excluding hydrogens is 202 g/mol. The molecule has 3 nitrogen and oxygen atoms in total. The van der Waals surface area contributed by atoms with Gasteiger partial charge in [-0.2, -0.15) is 0 Å². The van der Waals surface area contributed by atoms with Gasteiger partial charge in [-0.1, -0.05) is 32.6 Å². The molecule has 0 bridgehead atoms. The van der Waals surface area contributed by atoms with Crippen LogP contribution in [0.2, 0.25) is 0 Å². The van der Waals surface area contributed by atoms with Crippen molar-refractivity contribution in [2.75, 3.05) is 0 Å². The first-order valence-electron chi connectivity index (χ1n) is 6.12. The second-order valence-electron chi connectivity index (χ2n) is 4.02. The van der Waals surface area contributed by atoms with Crippen LogP contribution in [0, 0.1) is 0 Å². The Morgan fingerprint density at radius 2 is 2.12 bits per heavy atom. The molecule has 90 valence electrons. The molecule has 0 unspecified atom stereocenters. The van der Waals surface area contributed by atoms with Crippen molar-refractivity contribution in [3.05, 3.63) is 24.2 Å². The summed E-state index contributed by atoms with van der Waals surface area (Å²) < 4.78 is 5.13. The highest BCUT2D eigenvalue weighted by Crippen LogP contribution is 2.05. The van der Waals surface area contributed by atoms with Crippen molar-refractivity contribution in [2.45, 2.75) is 52.0 Å². The lowest BCUT2D eigenvalue weighted by Crippen LogP contribution is -2.21. The van der Waals surface area contributed by atoms with Crippen molar-refractivity contribution in [3.63, 3.8) is 0 Å². The lowest BCUT2D eigenvalue weighted by Gasteiger charge is -2.03. The van der Waals surface area contributed by atoms with Crippen LogP contribution in [0.25, 0.3) is 0 Å². The van der Waals surface area contributed by atoms with Gasteiger partial charge in [0.25, 0.3) is 0 Å². The highest BCUT2D eigenvalue weighted by Gasteiger charge is 2.02. The van der Waals surface area contributed by atoms with E-state index in [1.807, 2.05) is 12.1 Å². The highest BCUT2D eigenvalue weighted by atomic mass is 16.3. The molecule has 0 atom stereocenters. The van der Waals surface area contributed by atoms with Crippen LogP contribution in [-0.2, 0) is 11.3 Å². The van der Waals surface area contributed by atoms with Crippen molar-refractivity contribution < 1.29 is 9.21 Å². The minimum Gasteiger partial charge on any atom is -0.467 e. The molecule has 0 radical (unpaired) electrons. The fourth-order valence-corrected chi connectivity index (χ4v) is 1.58. The molecule has 0 fully saturated rings. The number of carbonyl (C=O) groups is 1. The number of amides is 1. The Bertz CT molecular complexity index is 280. The SMILES string of the molecule is CCCCCCCC(=O)NCc1ccco1. The average Bonchev–Trinajstić information content (AvgIpc) is 2.79. The summed E-state index contributed by atoms with van der Waals surface area (Å²) >= 11 is 0. The van der Waals surface area contributed by atoms with Crippen LogP contribution < -0.4 is 5.32 Å². The largest absolute Gasteiger partial charge is 0.467 e. The Morgan fingerprint density at radius 1 is 1.31 bits per heavy atom. The first kappa shape index (κ1) is 12.8. The van der Waals surface area contributed by atoms with Crippen molar-refractivity contribution in [2.24, 2.45) is 0 Å². The van der Waals surface area contributed by atoms with Crippen molar-refractivity contribution in [1.29, 1.82) is 0 Å². The average molecular weight is 223 g/mol. The smallest absolute Gasteiger partial charge is 0.220 e. The van der Waals surface area contributed by atoms with Crippen LogP contribution in [-0.4, -0.2) is 5.91 Å². The molecule has 1 aromatic heterocycles. The Kier molecular flexibility index (Phi) is 6.38. The van der Waals surface area contributed by atoms with E-state index in [0.717, 1.165) is 18.6 Å². The molecule has 1 heterocycles. The quantitative estimate of drug-likeness (QED) is 0.687. The summed E-state index contributed by atoms with van der Waals surface area (Å²) in [6.07, 6.45) is 8.14. The van der Waals surface area contributed by atoms with Gasteiger partial charge in [0.15, 0.2) is 0 Å². The zero-order chi connectivity index (χ0) is 11.6. The van der Waals surface area contributed by atoms with Gasteiger partial charge in [-0.05, 0) is 18.6 Å². The molecule has 0 aromatic carbocycles. The van der Waals surface area contributed by atoms with E-state index in [-0.39, 0.29) is 5.91 Å². The molecule has 0 aliphatic rings. The number of furan rings is 1. The molecule has 0 saturated carbocycles. The fraction of sp³-hybridized carbons (Fsp3) is 0.615. The van der Waals surface area contributed by atoms with E-state index < -0.39 is 0 Å². The number of rotatable bonds is 8. The maximum Gasteiger partial charge on any atom is 0.220 e. The zero-order valence-electron chi connectivity index (χ0n) is 10.00. The molecule has 1 amide bonds. The van der Waals surface area contributed by atoms with Crippen molar-refractivity contribution in [1.82, 2.24) is 5.32 Å². The summed E-state index contributed by atoms with van der Waals surface area (Å²) in [6.45, 7) is 2.69. The van der Waals surface area contributed by atoms with Crippen LogP contribution >= 0.6 is 0 Å². The normalized spacial score (nSPS) is 10.3. The first-order chi connectivity index (χ1) is 7.83. The van der Waals surface area contributed by atoms with E-state index in [1.54, 1.807) is 6.26 Å². The van der Waals surface area contributed by atoms with Crippen LogP contribution in [0.5, 0.6) is 0 Å². The van der Waals surface area contributed by atoms with Crippen LogP contribution in [0.15, 0.2) is 22.8 Å². The summed E-state index contributed by atoms with van der Waals surface area (Å²) in [7, 11) is 0. The molecule has 0 aliphatic heterocycles. The van der Waals surface area contributed by atoms with Gasteiger partial charge < -0.3 is 9.73 Å². The molecule has 0 aliphatic carbocycles. The number of hydrogen-bond acceptors (Lipinski definition) is 2. The summed E-state index contributed by atoms with van der Waals surface area (Å²) in [4.78, 5) is 11.4. The van der Waals surface area contributed by atoms with Gasteiger partial charge in [0.1, 0.15) is 5.76 Å². The summed E-state index contributed by atoms with van der Waals surface area (Å²) in [5, 5.41) is 2.84. The number of nitrogens with one attached hydrogen (secondary N) is 1. The summed E-state index contributed by atoms with van der Waals surface area (Å²) in [6, 6.07) is 3.69. The van der Waals surface area contributed by atoms with Crippen LogP contribution in [0.1, 0.15) is 51.2 Å². The Hall–Kier alpha value is -1.25. The van der Waals surface area contributed by atoms with E-state index in [1.165, 1.54) is 19.3 Å². The van der Waals surface area contributed by atoms with Gasteiger partial charge in [0.2, 0.25) is 5.91 Å². The predicted octanol–water partition coefficient (Wildman–Crippen LogP) is 3.26. The summed E-state index contributed by atoms with van der Waals surface area (Å²) in [5.74, 6) is 0.923. The third-order valence-corrected chi connectivity index (χ3v) is 2.55. The lowest BCUT2D eigenvalue weighted by atomic mass is 10.1. The van der Waals surface area contributed by atoms with Crippen LogP contribution in [0.3, 0.4) is 0 Å². The monoisotopic (exact) mass is 223 g/mol. The van der Waals surface area contributed by atoms with Crippen molar-refractivity contribution in [3.8, 4) is 0 Å². The second kappa shape index (κ2) is 7.97. The fourth-order valence-electron chi connectivity index (χ4n) is 1.58. The molecule has 1 N–H and O–H groups in total. The number of unbranched alkanes of at least 4 members (excludes halogenated alkanes) is 4. The molecule has 0 spiro atoms. The van der Waals surface area contributed by atoms with Crippen LogP contribution in [0.4, 0.5) is 0 Å². The predicted molar refractivity (Wildman–Crippen MR) is 63.9 cm³/mol. The maximum absolute atomic E-state index is 11.4. The van der Waals surface area contributed by atoms with E-state index in [4.69, 9.17) is 4.42 Å². The minimum atomic E-state index is 0.118. The molecule has 0 saturated heterocycles. The van der Waals surface area contributed by atoms with Gasteiger partial charge in [0.05, 0.1) is 12.8 Å². The molecule has 1 aromatic rings. The topological polar surface area (TPSA) is 42.2 Å². The number of carbonyl (C=O) groups excluding carboxylic acids is 1. The van der Waals surface area contributed by atoms with E-state index in [0.29, 0.717) is 13.0 Å². The molecule has 1 rings (SSSR count). The molecule has 16 heavy (non-hydrogen) atoms. The minimum absolute atomic E-state index is 0.118. The van der Waals surface area contributed by atoms with E-state index in [9.17, 15) is 4.79 Å². The lowest BCUT2D eigenvalue weighted by molar-refractivity contribution is -0.121. The van der Waals surface area contributed by atoms with Gasteiger partial charge in [-0.15, -0.1) is 0 Å². The third-order valence-electron chi connectivity index (χ3n) is 2.55. The highest BCUT2D eigenvalue weighted by molar-refractivity contribution is 5.75. The Balaban J connectivity index is 1.99. The summed E-state index contributed by atoms with van der Waals surface area (Å²) in [5.41, 5.74) is 0.